The molecule has 0 aliphatic heterocycles. The molecule has 10 nitrogen and oxygen atoms in total. The maximum atomic E-state index is 11.1. The molecule has 0 aromatic carbocycles. The maximum absolute atomic E-state index is 11.1. The number of aromatic nitrogens is 9. The molecule has 5 rings (SSSR count). The van der Waals surface area contributed by atoms with E-state index in [9.17, 15) is 4.79 Å². The standard InChI is InChI=1S/C17H13N9O/c1-24-9-12(4-20-24)14-6-19-16-17(21-14)26(23-22-16)8-11-2-3-15-18-5-13(10-27)25(15)7-11/h2-7,9-10H,8H2,1H3. The van der Waals surface area contributed by atoms with Crippen LogP contribution in [0.3, 0.4) is 0 Å². The predicted molar refractivity (Wildman–Crippen MR) is 95.0 cm³/mol. The topological polar surface area (TPSA) is 109 Å². The van der Waals surface area contributed by atoms with Gasteiger partial charge < -0.3 is 0 Å². The first-order valence-electron chi connectivity index (χ1n) is 8.18. The third kappa shape index (κ3) is 2.54. The van der Waals surface area contributed by atoms with Crippen molar-refractivity contribution >= 4 is 23.2 Å². The Bertz CT molecular complexity index is 1300. The van der Waals surface area contributed by atoms with Crippen LogP contribution in [-0.4, -0.2) is 50.4 Å². The minimum Gasteiger partial charge on any atom is -0.297 e. The minimum absolute atomic E-state index is 0.439. The van der Waals surface area contributed by atoms with Gasteiger partial charge in [0.05, 0.1) is 30.8 Å². The van der Waals surface area contributed by atoms with Crippen LogP contribution < -0.4 is 0 Å². The van der Waals surface area contributed by atoms with Crippen LogP contribution in [0.1, 0.15) is 16.1 Å². The third-order valence-electron chi connectivity index (χ3n) is 4.28. The number of rotatable bonds is 4. The normalized spacial score (nSPS) is 11.4. The van der Waals surface area contributed by atoms with Crippen molar-refractivity contribution in [1.29, 1.82) is 0 Å². The molecule has 132 valence electrons. The van der Waals surface area contributed by atoms with E-state index in [-0.39, 0.29) is 0 Å². The van der Waals surface area contributed by atoms with Crippen LogP contribution in [0, 0.1) is 0 Å². The van der Waals surface area contributed by atoms with E-state index in [0.717, 1.165) is 17.4 Å². The van der Waals surface area contributed by atoms with Gasteiger partial charge in [-0.05, 0) is 11.6 Å². The number of imidazole rings is 1. The highest BCUT2D eigenvalue weighted by Gasteiger charge is 2.12. The Morgan fingerprint density at radius 2 is 2.04 bits per heavy atom. The third-order valence-corrected chi connectivity index (χ3v) is 4.28. The van der Waals surface area contributed by atoms with E-state index in [1.807, 2.05) is 31.6 Å². The summed E-state index contributed by atoms with van der Waals surface area (Å²) in [6, 6.07) is 3.79. The molecule has 0 spiro atoms. The lowest BCUT2D eigenvalue weighted by Crippen LogP contribution is -2.05. The lowest BCUT2D eigenvalue weighted by Gasteiger charge is -2.04. The van der Waals surface area contributed by atoms with Crippen molar-refractivity contribution in [2.45, 2.75) is 6.54 Å². The summed E-state index contributed by atoms with van der Waals surface area (Å²) in [7, 11) is 1.85. The molecule has 0 unspecified atom stereocenters. The van der Waals surface area contributed by atoms with Crippen LogP contribution >= 0.6 is 0 Å². The number of hydrogen-bond donors (Lipinski definition) is 0. The number of hydrogen-bond acceptors (Lipinski definition) is 7. The van der Waals surface area contributed by atoms with E-state index < -0.39 is 0 Å². The molecule has 0 radical (unpaired) electrons. The molecule has 0 atom stereocenters. The highest BCUT2D eigenvalue weighted by molar-refractivity contribution is 5.74. The molecule has 0 aliphatic carbocycles. The summed E-state index contributed by atoms with van der Waals surface area (Å²) in [4.78, 5) is 24.3. The number of carbonyl (C=O) groups is 1. The highest BCUT2D eigenvalue weighted by Crippen LogP contribution is 2.18. The van der Waals surface area contributed by atoms with E-state index in [1.165, 1.54) is 0 Å². The van der Waals surface area contributed by atoms with Crippen molar-refractivity contribution in [3.05, 3.63) is 54.4 Å². The van der Waals surface area contributed by atoms with Gasteiger partial charge >= 0.3 is 0 Å². The Balaban J connectivity index is 1.55. The second-order valence-electron chi connectivity index (χ2n) is 6.12. The summed E-state index contributed by atoms with van der Waals surface area (Å²) in [5.74, 6) is 0. The van der Waals surface area contributed by atoms with Crippen LogP contribution in [0.15, 0.2) is 43.1 Å². The van der Waals surface area contributed by atoms with Crippen LogP contribution in [0.4, 0.5) is 0 Å². The number of fused-ring (bicyclic) bond motifs is 2. The maximum Gasteiger partial charge on any atom is 0.221 e. The molecule has 27 heavy (non-hydrogen) atoms. The van der Waals surface area contributed by atoms with Crippen LogP contribution in [0.2, 0.25) is 0 Å². The molecule has 5 aromatic rings. The minimum atomic E-state index is 0.439. The summed E-state index contributed by atoms with van der Waals surface area (Å²) in [5, 5.41) is 12.4. The Morgan fingerprint density at radius 3 is 2.85 bits per heavy atom. The molecule has 0 N–H and O–H groups in total. The summed E-state index contributed by atoms with van der Waals surface area (Å²) >= 11 is 0. The Morgan fingerprint density at radius 1 is 1.11 bits per heavy atom. The van der Waals surface area contributed by atoms with Crippen LogP contribution in [-0.2, 0) is 13.6 Å². The van der Waals surface area contributed by atoms with Gasteiger partial charge in [0.15, 0.2) is 11.9 Å². The lowest BCUT2D eigenvalue weighted by atomic mass is 10.2. The van der Waals surface area contributed by atoms with Gasteiger partial charge in [-0.1, -0.05) is 11.3 Å². The smallest absolute Gasteiger partial charge is 0.221 e. The Labute approximate surface area is 152 Å². The molecule has 0 amide bonds. The van der Waals surface area contributed by atoms with Crippen LogP contribution in [0.25, 0.3) is 28.2 Å². The van der Waals surface area contributed by atoms with Crippen molar-refractivity contribution in [3.8, 4) is 11.3 Å². The van der Waals surface area contributed by atoms with E-state index in [1.54, 1.807) is 32.4 Å². The molecule has 5 aromatic heterocycles. The summed E-state index contributed by atoms with van der Waals surface area (Å²) in [6.45, 7) is 0.439. The molecular weight excluding hydrogens is 346 g/mol. The van der Waals surface area contributed by atoms with Crippen LogP contribution in [0.5, 0.6) is 0 Å². The first-order chi connectivity index (χ1) is 13.2. The molecule has 5 heterocycles. The molecule has 10 heteroatoms. The van der Waals surface area contributed by atoms with Gasteiger partial charge in [-0.2, -0.15) is 5.10 Å². The van der Waals surface area contributed by atoms with E-state index in [4.69, 9.17) is 0 Å². The van der Waals surface area contributed by atoms with E-state index in [0.29, 0.717) is 34.9 Å². The largest absolute Gasteiger partial charge is 0.297 e. The summed E-state index contributed by atoms with van der Waals surface area (Å²) in [6.07, 6.45) is 9.45. The first kappa shape index (κ1) is 15.3. The van der Waals surface area contributed by atoms with Crippen molar-refractivity contribution in [3.63, 3.8) is 0 Å². The fourth-order valence-corrected chi connectivity index (χ4v) is 2.95. The fraction of sp³-hybridized carbons (Fsp3) is 0.118. The monoisotopic (exact) mass is 359 g/mol. The van der Waals surface area contributed by atoms with E-state index >= 15 is 0 Å². The van der Waals surface area contributed by atoms with Crippen molar-refractivity contribution < 1.29 is 4.79 Å². The zero-order valence-electron chi connectivity index (χ0n) is 14.3. The molecule has 0 saturated heterocycles. The molecule has 0 aliphatic rings. The quantitative estimate of drug-likeness (QED) is 0.443. The SMILES string of the molecule is Cn1cc(-c2cnc3nnn(Cc4ccc5ncc(C=O)n5c4)c3n2)cn1. The number of nitrogens with zero attached hydrogens (tertiary/aromatic N) is 9. The van der Waals surface area contributed by atoms with Gasteiger partial charge in [-0.3, -0.25) is 13.9 Å². The molecular formula is C17H13N9O. The van der Waals surface area contributed by atoms with Crippen molar-refractivity contribution in [2.24, 2.45) is 7.05 Å². The van der Waals surface area contributed by atoms with Crippen molar-refractivity contribution in [2.75, 3.05) is 0 Å². The summed E-state index contributed by atoms with van der Waals surface area (Å²) < 4.78 is 5.14. The average molecular weight is 359 g/mol. The fourth-order valence-electron chi connectivity index (χ4n) is 2.95. The number of aryl methyl sites for hydroxylation is 1. The van der Waals surface area contributed by atoms with E-state index in [2.05, 4.69) is 30.4 Å². The zero-order chi connectivity index (χ0) is 18.4. The number of pyridine rings is 1. The summed E-state index contributed by atoms with van der Waals surface area (Å²) in [5.41, 5.74) is 4.76. The second-order valence-corrected chi connectivity index (χ2v) is 6.12. The molecule has 0 fully saturated rings. The van der Waals surface area contributed by atoms with Crippen molar-refractivity contribution in [1.82, 2.24) is 44.1 Å². The van der Waals surface area contributed by atoms with Gasteiger partial charge in [0.2, 0.25) is 5.65 Å². The second kappa shape index (κ2) is 5.80. The first-order valence-corrected chi connectivity index (χ1v) is 8.18. The predicted octanol–water partition coefficient (Wildman–Crippen LogP) is 1.13. The van der Waals surface area contributed by atoms with Gasteiger partial charge in [-0.25, -0.2) is 19.6 Å². The van der Waals surface area contributed by atoms with Gasteiger partial charge in [0.1, 0.15) is 11.3 Å². The number of carbonyl (C=O) groups excluding carboxylic acids is 1. The highest BCUT2D eigenvalue weighted by atomic mass is 16.1. The number of aldehydes is 1. The zero-order valence-corrected chi connectivity index (χ0v) is 14.3. The lowest BCUT2D eigenvalue weighted by molar-refractivity contribution is 0.111. The van der Waals surface area contributed by atoms with Gasteiger partial charge in [0.25, 0.3) is 0 Å². The molecule has 0 bridgehead atoms. The Hall–Kier alpha value is -3.95. The van der Waals surface area contributed by atoms with Gasteiger partial charge in [-0.15, -0.1) is 5.10 Å². The Kier molecular flexibility index (Phi) is 3.29. The average Bonchev–Trinajstić information content (AvgIpc) is 3.40. The molecule has 0 saturated carbocycles. The van der Waals surface area contributed by atoms with Gasteiger partial charge in [0, 0.05) is 25.0 Å².